The highest BCUT2D eigenvalue weighted by atomic mass is 35.5. The molecule has 3 aromatic rings. The number of nitrogens with zero attached hydrogens (tertiary/aromatic N) is 4. The third-order valence-corrected chi connectivity index (χ3v) is 5.42. The van der Waals surface area contributed by atoms with Crippen LogP contribution in [0.4, 0.5) is 5.82 Å². The van der Waals surface area contributed by atoms with Crippen LogP contribution in [-0.2, 0) is 0 Å². The molecule has 0 unspecified atom stereocenters. The second-order valence-corrected chi connectivity index (χ2v) is 7.48. The van der Waals surface area contributed by atoms with Crippen LogP contribution >= 0.6 is 34.8 Å². The maximum Gasteiger partial charge on any atom is 0.256 e. The van der Waals surface area contributed by atoms with Crippen LogP contribution in [0.1, 0.15) is 10.4 Å². The van der Waals surface area contributed by atoms with Crippen molar-refractivity contribution in [3.8, 4) is 0 Å². The molecule has 4 rings (SSSR count). The van der Waals surface area contributed by atoms with Gasteiger partial charge in [0.2, 0.25) is 0 Å². The van der Waals surface area contributed by atoms with Gasteiger partial charge in [0.1, 0.15) is 5.82 Å². The van der Waals surface area contributed by atoms with Crippen LogP contribution in [0.25, 0.3) is 10.9 Å². The number of halogens is 3. The fraction of sp³-hybridized carbons (Fsp3) is 0.211. The number of benzene rings is 1. The Bertz CT molecular complexity index is 1020. The number of piperazine rings is 1. The lowest BCUT2D eigenvalue weighted by atomic mass is 10.1. The van der Waals surface area contributed by atoms with E-state index in [0.717, 1.165) is 5.39 Å². The maximum absolute atomic E-state index is 13.0. The van der Waals surface area contributed by atoms with Crippen molar-refractivity contribution in [3.05, 3.63) is 63.4 Å². The zero-order chi connectivity index (χ0) is 19.0. The van der Waals surface area contributed by atoms with Gasteiger partial charge in [0.05, 0.1) is 26.1 Å². The first-order valence-corrected chi connectivity index (χ1v) is 9.56. The number of carbonyl (C=O) groups excluding carboxylic acids is 1. The highest BCUT2D eigenvalue weighted by Gasteiger charge is 2.25. The molecule has 138 valence electrons. The summed E-state index contributed by atoms with van der Waals surface area (Å²) in [5, 5.41) is 2.37. The summed E-state index contributed by atoms with van der Waals surface area (Å²) in [7, 11) is 0. The molecule has 8 heteroatoms. The molecular weight excluding hydrogens is 407 g/mol. The molecule has 5 nitrogen and oxygen atoms in total. The number of carbonyl (C=O) groups is 1. The monoisotopic (exact) mass is 420 g/mol. The van der Waals surface area contributed by atoms with Crippen LogP contribution in [0.3, 0.4) is 0 Å². The number of pyridine rings is 2. The van der Waals surface area contributed by atoms with Crippen molar-refractivity contribution < 1.29 is 4.79 Å². The van der Waals surface area contributed by atoms with Crippen LogP contribution in [-0.4, -0.2) is 47.0 Å². The van der Waals surface area contributed by atoms with Gasteiger partial charge < -0.3 is 9.80 Å². The Morgan fingerprint density at radius 3 is 2.48 bits per heavy atom. The summed E-state index contributed by atoms with van der Waals surface area (Å²) in [5.41, 5.74) is 1.19. The Labute approximate surface area is 171 Å². The van der Waals surface area contributed by atoms with Gasteiger partial charge in [-0.3, -0.25) is 9.78 Å². The molecule has 0 N–H and O–H groups in total. The van der Waals surface area contributed by atoms with Crippen molar-refractivity contribution in [2.24, 2.45) is 0 Å². The predicted octanol–water partition coefficient (Wildman–Crippen LogP) is 4.55. The molecule has 27 heavy (non-hydrogen) atoms. The normalized spacial score (nSPS) is 14.6. The van der Waals surface area contributed by atoms with E-state index < -0.39 is 0 Å². The molecular formula is C19H15Cl3N4O. The Kier molecular flexibility index (Phi) is 5.08. The average molecular weight is 422 g/mol. The standard InChI is InChI=1S/C19H15Cl3N4O/c20-12-10-16(22)18(24-11-12)25-6-8-26(9-7-25)19(27)14-3-4-15(21)13-2-1-5-23-17(13)14/h1-5,10-11H,6-9H2. The van der Waals surface area contributed by atoms with Crippen LogP contribution in [0.15, 0.2) is 42.7 Å². The van der Waals surface area contributed by atoms with E-state index >= 15 is 0 Å². The Morgan fingerprint density at radius 1 is 0.963 bits per heavy atom. The van der Waals surface area contributed by atoms with Gasteiger partial charge >= 0.3 is 0 Å². The van der Waals surface area contributed by atoms with E-state index in [-0.39, 0.29) is 5.91 Å². The second-order valence-electron chi connectivity index (χ2n) is 6.23. The molecule has 0 atom stereocenters. The third kappa shape index (κ3) is 3.55. The van der Waals surface area contributed by atoms with Crippen LogP contribution in [0, 0.1) is 0 Å². The molecule has 1 aromatic carbocycles. The summed E-state index contributed by atoms with van der Waals surface area (Å²) < 4.78 is 0. The van der Waals surface area contributed by atoms with E-state index in [9.17, 15) is 4.79 Å². The first-order chi connectivity index (χ1) is 13.0. The molecule has 1 saturated heterocycles. The number of hydrogen-bond donors (Lipinski definition) is 0. The van der Waals surface area contributed by atoms with Crippen molar-refractivity contribution in [2.75, 3.05) is 31.1 Å². The highest BCUT2D eigenvalue weighted by molar-refractivity contribution is 6.36. The zero-order valence-corrected chi connectivity index (χ0v) is 16.5. The number of rotatable bonds is 2. The molecule has 1 fully saturated rings. The van der Waals surface area contributed by atoms with Gasteiger partial charge in [-0.25, -0.2) is 4.98 Å². The summed E-state index contributed by atoms with van der Waals surface area (Å²) in [6, 6.07) is 8.84. The van der Waals surface area contributed by atoms with E-state index in [4.69, 9.17) is 34.8 Å². The van der Waals surface area contributed by atoms with Gasteiger partial charge in [0.15, 0.2) is 0 Å². The van der Waals surface area contributed by atoms with E-state index in [0.29, 0.717) is 58.1 Å². The van der Waals surface area contributed by atoms with Crippen molar-refractivity contribution in [3.63, 3.8) is 0 Å². The molecule has 1 amide bonds. The average Bonchev–Trinajstić information content (AvgIpc) is 2.68. The van der Waals surface area contributed by atoms with Crippen LogP contribution in [0.2, 0.25) is 15.1 Å². The molecule has 2 aromatic heterocycles. The number of amides is 1. The minimum Gasteiger partial charge on any atom is -0.352 e. The van der Waals surface area contributed by atoms with Crippen molar-refractivity contribution in [1.29, 1.82) is 0 Å². The molecule has 0 spiro atoms. The minimum absolute atomic E-state index is 0.0508. The lowest BCUT2D eigenvalue weighted by Crippen LogP contribution is -2.49. The van der Waals surface area contributed by atoms with E-state index in [1.165, 1.54) is 0 Å². The molecule has 0 saturated carbocycles. The maximum atomic E-state index is 13.0. The molecule has 0 bridgehead atoms. The number of aromatic nitrogens is 2. The quantitative estimate of drug-likeness (QED) is 0.609. The summed E-state index contributed by atoms with van der Waals surface area (Å²) in [6.07, 6.45) is 3.24. The molecule has 1 aliphatic heterocycles. The van der Waals surface area contributed by atoms with E-state index in [1.54, 1.807) is 30.6 Å². The summed E-state index contributed by atoms with van der Waals surface area (Å²) in [5.74, 6) is 0.636. The molecule has 0 aliphatic carbocycles. The Morgan fingerprint density at radius 2 is 1.74 bits per heavy atom. The number of anilines is 1. The fourth-order valence-corrected chi connectivity index (χ4v) is 3.96. The highest BCUT2D eigenvalue weighted by Crippen LogP contribution is 2.28. The number of hydrogen-bond acceptors (Lipinski definition) is 4. The smallest absolute Gasteiger partial charge is 0.256 e. The third-order valence-electron chi connectivity index (χ3n) is 4.60. The lowest BCUT2D eigenvalue weighted by Gasteiger charge is -2.35. The minimum atomic E-state index is -0.0508. The first-order valence-electron chi connectivity index (χ1n) is 8.43. The lowest BCUT2D eigenvalue weighted by molar-refractivity contribution is 0.0748. The Hall–Kier alpha value is -2.08. The SMILES string of the molecule is O=C(c1ccc(Cl)c2cccnc12)N1CCN(c2ncc(Cl)cc2Cl)CC1. The van der Waals surface area contributed by atoms with Crippen molar-refractivity contribution in [2.45, 2.75) is 0 Å². The molecule has 0 radical (unpaired) electrons. The Balaban J connectivity index is 1.53. The summed E-state index contributed by atoms with van der Waals surface area (Å²) >= 11 is 18.4. The first kappa shape index (κ1) is 18.3. The predicted molar refractivity (Wildman–Crippen MR) is 109 cm³/mol. The van der Waals surface area contributed by atoms with E-state index in [2.05, 4.69) is 14.9 Å². The summed E-state index contributed by atoms with van der Waals surface area (Å²) in [6.45, 7) is 2.41. The van der Waals surface area contributed by atoms with Gasteiger partial charge in [-0.1, -0.05) is 34.8 Å². The zero-order valence-electron chi connectivity index (χ0n) is 14.2. The molecule has 3 heterocycles. The summed E-state index contributed by atoms with van der Waals surface area (Å²) in [4.78, 5) is 25.6. The van der Waals surface area contributed by atoms with E-state index in [1.807, 2.05) is 17.0 Å². The fourth-order valence-electron chi connectivity index (χ4n) is 3.24. The van der Waals surface area contributed by atoms with Gasteiger partial charge in [-0.05, 0) is 30.3 Å². The van der Waals surface area contributed by atoms with Crippen LogP contribution in [0.5, 0.6) is 0 Å². The van der Waals surface area contributed by atoms with Gasteiger partial charge in [0.25, 0.3) is 5.91 Å². The largest absolute Gasteiger partial charge is 0.352 e. The van der Waals surface area contributed by atoms with Crippen molar-refractivity contribution in [1.82, 2.24) is 14.9 Å². The molecule has 1 aliphatic rings. The van der Waals surface area contributed by atoms with Crippen molar-refractivity contribution >= 4 is 57.4 Å². The van der Waals surface area contributed by atoms with Gasteiger partial charge in [-0.2, -0.15) is 0 Å². The van der Waals surface area contributed by atoms with Gasteiger partial charge in [0, 0.05) is 44.0 Å². The van der Waals surface area contributed by atoms with Crippen LogP contribution < -0.4 is 4.90 Å². The second kappa shape index (κ2) is 7.50. The number of fused-ring (bicyclic) bond motifs is 1. The topological polar surface area (TPSA) is 49.3 Å². The van der Waals surface area contributed by atoms with Gasteiger partial charge in [-0.15, -0.1) is 0 Å².